The summed E-state index contributed by atoms with van der Waals surface area (Å²) in [5, 5.41) is 3.42. The fourth-order valence-corrected chi connectivity index (χ4v) is 2.81. The van der Waals surface area contributed by atoms with E-state index in [1.165, 1.54) is 37.2 Å². The van der Waals surface area contributed by atoms with Crippen molar-refractivity contribution < 1.29 is 0 Å². The van der Waals surface area contributed by atoms with E-state index in [2.05, 4.69) is 44.9 Å². The molecule has 0 aliphatic rings. The Morgan fingerprint density at radius 3 is 2.43 bits per heavy atom. The molecule has 1 N–H and O–H groups in total. The Balaban J connectivity index is 3.42. The van der Waals surface area contributed by atoms with Crippen molar-refractivity contribution in [3.8, 4) is 0 Å². The summed E-state index contributed by atoms with van der Waals surface area (Å²) >= 11 is 2.11. The van der Waals surface area contributed by atoms with Crippen LogP contribution in [-0.4, -0.2) is 24.6 Å². The molecule has 0 aromatic rings. The molecule has 0 fully saturated rings. The first-order chi connectivity index (χ1) is 6.76. The molecule has 0 heterocycles. The summed E-state index contributed by atoms with van der Waals surface area (Å²) in [5.41, 5.74) is 0. The first kappa shape index (κ1) is 14.3. The third-order valence-electron chi connectivity index (χ3n) is 2.89. The lowest BCUT2D eigenvalue weighted by atomic mass is 10.0. The average molecular weight is 217 g/mol. The van der Waals surface area contributed by atoms with E-state index in [-0.39, 0.29) is 0 Å². The Labute approximate surface area is 94.4 Å². The van der Waals surface area contributed by atoms with Crippen LogP contribution in [0.4, 0.5) is 0 Å². The molecule has 0 aromatic carbocycles. The van der Waals surface area contributed by atoms with Crippen LogP contribution in [0.3, 0.4) is 0 Å². The van der Waals surface area contributed by atoms with Gasteiger partial charge in [0.2, 0.25) is 0 Å². The fraction of sp³-hybridized carbons (Fsp3) is 1.00. The zero-order valence-electron chi connectivity index (χ0n) is 10.3. The fourth-order valence-electron chi connectivity index (χ4n) is 1.48. The molecular weight excluding hydrogens is 190 g/mol. The molecule has 1 nitrogen and oxygen atoms in total. The van der Waals surface area contributed by atoms with Gasteiger partial charge in [-0.25, -0.2) is 0 Å². The molecular formula is C12H27NS. The SMILES string of the molecule is CCCCCSCC(NC)C(C)CC. The first-order valence-corrected chi connectivity index (χ1v) is 7.16. The van der Waals surface area contributed by atoms with Gasteiger partial charge in [0.1, 0.15) is 0 Å². The van der Waals surface area contributed by atoms with Crippen molar-refractivity contribution >= 4 is 11.8 Å². The summed E-state index contributed by atoms with van der Waals surface area (Å²) in [6, 6.07) is 0.701. The number of thioether (sulfide) groups is 1. The minimum absolute atomic E-state index is 0.701. The summed E-state index contributed by atoms with van der Waals surface area (Å²) in [6.07, 6.45) is 5.39. The number of rotatable bonds is 9. The van der Waals surface area contributed by atoms with E-state index in [1.54, 1.807) is 0 Å². The van der Waals surface area contributed by atoms with E-state index in [9.17, 15) is 0 Å². The lowest BCUT2D eigenvalue weighted by Crippen LogP contribution is -2.34. The second-order valence-electron chi connectivity index (χ2n) is 4.06. The number of hydrogen-bond donors (Lipinski definition) is 1. The molecule has 0 spiro atoms. The minimum Gasteiger partial charge on any atom is -0.316 e. The van der Waals surface area contributed by atoms with Crippen LogP contribution >= 0.6 is 11.8 Å². The lowest BCUT2D eigenvalue weighted by Gasteiger charge is -2.21. The van der Waals surface area contributed by atoms with Crippen molar-refractivity contribution in [3.05, 3.63) is 0 Å². The molecule has 0 radical (unpaired) electrons. The Morgan fingerprint density at radius 2 is 1.93 bits per heavy atom. The van der Waals surface area contributed by atoms with Gasteiger partial charge in [0.15, 0.2) is 0 Å². The molecule has 0 aliphatic carbocycles. The van der Waals surface area contributed by atoms with Crippen LogP contribution in [-0.2, 0) is 0 Å². The highest BCUT2D eigenvalue weighted by atomic mass is 32.2. The number of hydrogen-bond acceptors (Lipinski definition) is 2. The lowest BCUT2D eigenvalue weighted by molar-refractivity contribution is 0.420. The summed E-state index contributed by atoms with van der Waals surface area (Å²) in [6.45, 7) is 6.88. The van der Waals surface area contributed by atoms with Gasteiger partial charge in [-0.05, 0) is 25.1 Å². The van der Waals surface area contributed by atoms with E-state index in [0.717, 1.165) is 5.92 Å². The minimum atomic E-state index is 0.701. The second kappa shape index (κ2) is 9.85. The topological polar surface area (TPSA) is 12.0 Å². The van der Waals surface area contributed by atoms with Gasteiger partial charge in [-0.1, -0.05) is 40.0 Å². The molecule has 86 valence electrons. The van der Waals surface area contributed by atoms with E-state index in [1.807, 2.05) is 0 Å². The third kappa shape index (κ3) is 6.72. The van der Waals surface area contributed by atoms with Crippen LogP contribution in [0.1, 0.15) is 46.5 Å². The largest absolute Gasteiger partial charge is 0.316 e. The van der Waals surface area contributed by atoms with Crippen LogP contribution in [0.15, 0.2) is 0 Å². The molecule has 2 atom stereocenters. The molecule has 0 saturated heterocycles. The second-order valence-corrected chi connectivity index (χ2v) is 5.21. The molecule has 14 heavy (non-hydrogen) atoms. The normalized spacial score (nSPS) is 15.4. The van der Waals surface area contributed by atoms with Gasteiger partial charge in [0, 0.05) is 11.8 Å². The summed E-state index contributed by atoms with van der Waals surface area (Å²) < 4.78 is 0. The van der Waals surface area contributed by atoms with E-state index >= 15 is 0 Å². The molecule has 0 aliphatic heterocycles. The molecule has 2 unspecified atom stereocenters. The average Bonchev–Trinajstić information content (AvgIpc) is 2.22. The Hall–Kier alpha value is 0.310. The summed E-state index contributed by atoms with van der Waals surface area (Å²) in [7, 11) is 2.09. The number of unbranched alkanes of at least 4 members (excludes halogenated alkanes) is 2. The Morgan fingerprint density at radius 1 is 1.21 bits per heavy atom. The van der Waals surface area contributed by atoms with Gasteiger partial charge >= 0.3 is 0 Å². The van der Waals surface area contributed by atoms with Crippen molar-refractivity contribution in [3.63, 3.8) is 0 Å². The van der Waals surface area contributed by atoms with E-state index in [0.29, 0.717) is 6.04 Å². The van der Waals surface area contributed by atoms with E-state index in [4.69, 9.17) is 0 Å². The maximum atomic E-state index is 3.42. The van der Waals surface area contributed by atoms with Crippen LogP contribution in [0.2, 0.25) is 0 Å². The maximum Gasteiger partial charge on any atom is 0.0180 e. The van der Waals surface area contributed by atoms with Gasteiger partial charge in [0.05, 0.1) is 0 Å². The highest BCUT2D eigenvalue weighted by molar-refractivity contribution is 7.99. The summed E-state index contributed by atoms with van der Waals surface area (Å²) in [4.78, 5) is 0. The van der Waals surface area contributed by atoms with Gasteiger partial charge in [-0.15, -0.1) is 0 Å². The monoisotopic (exact) mass is 217 g/mol. The highest BCUT2D eigenvalue weighted by Crippen LogP contribution is 2.14. The third-order valence-corrected chi connectivity index (χ3v) is 4.06. The summed E-state index contributed by atoms with van der Waals surface area (Å²) in [5.74, 6) is 3.41. The van der Waals surface area contributed by atoms with Crippen LogP contribution in [0.5, 0.6) is 0 Å². The zero-order chi connectivity index (χ0) is 10.8. The van der Waals surface area contributed by atoms with E-state index < -0.39 is 0 Å². The molecule has 0 amide bonds. The maximum absolute atomic E-state index is 3.42. The van der Waals surface area contributed by atoms with Crippen molar-refractivity contribution in [2.24, 2.45) is 5.92 Å². The van der Waals surface area contributed by atoms with Crippen molar-refractivity contribution in [1.82, 2.24) is 5.32 Å². The molecule has 0 aromatic heterocycles. The van der Waals surface area contributed by atoms with Crippen LogP contribution in [0, 0.1) is 5.92 Å². The molecule has 0 saturated carbocycles. The Kier molecular flexibility index (Phi) is 10.1. The van der Waals surface area contributed by atoms with Gasteiger partial charge in [-0.2, -0.15) is 11.8 Å². The predicted octanol–water partition coefficient (Wildman–Crippen LogP) is 3.54. The van der Waals surface area contributed by atoms with Crippen LogP contribution < -0.4 is 5.32 Å². The predicted molar refractivity (Wildman–Crippen MR) is 69.2 cm³/mol. The Bertz CT molecular complexity index is 117. The molecule has 0 bridgehead atoms. The van der Waals surface area contributed by atoms with Crippen LogP contribution in [0.25, 0.3) is 0 Å². The standard InChI is InChI=1S/C12H27NS/c1-5-7-8-9-14-10-12(13-4)11(3)6-2/h11-13H,5-10H2,1-4H3. The molecule has 2 heteroatoms. The van der Waals surface area contributed by atoms with Gasteiger partial charge < -0.3 is 5.32 Å². The highest BCUT2D eigenvalue weighted by Gasteiger charge is 2.12. The zero-order valence-corrected chi connectivity index (χ0v) is 11.1. The quantitative estimate of drug-likeness (QED) is 0.593. The van der Waals surface area contributed by atoms with Crippen molar-refractivity contribution in [2.75, 3.05) is 18.6 Å². The molecule has 0 rings (SSSR count). The smallest absolute Gasteiger partial charge is 0.0180 e. The first-order valence-electron chi connectivity index (χ1n) is 6.01. The van der Waals surface area contributed by atoms with Crippen molar-refractivity contribution in [2.45, 2.75) is 52.5 Å². The van der Waals surface area contributed by atoms with Gasteiger partial charge in [0.25, 0.3) is 0 Å². The van der Waals surface area contributed by atoms with Crippen molar-refractivity contribution in [1.29, 1.82) is 0 Å². The number of nitrogens with one attached hydrogen (secondary N) is 1. The van der Waals surface area contributed by atoms with Gasteiger partial charge in [-0.3, -0.25) is 0 Å².